The van der Waals surface area contributed by atoms with Gasteiger partial charge in [0.15, 0.2) is 0 Å². The zero-order chi connectivity index (χ0) is 23.3. The first-order valence-electron chi connectivity index (χ1n) is 12.6. The molecule has 0 radical (unpaired) electrons. The average molecular weight is 446 g/mol. The highest BCUT2D eigenvalue weighted by molar-refractivity contribution is 5.86. The van der Waals surface area contributed by atoms with Crippen LogP contribution in [0.5, 0.6) is 0 Å². The number of rotatable bonds is 10. The molecule has 1 atom stereocenters. The van der Waals surface area contributed by atoms with Crippen molar-refractivity contribution in [3.05, 3.63) is 71.4 Å². The van der Waals surface area contributed by atoms with Crippen LogP contribution in [0.3, 0.4) is 0 Å². The molecule has 0 spiro atoms. The molecule has 4 nitrogen and oxygen atoms in total. The van der Waals surface area contributed by atoms with Gasteiger partial charge in [-0.25, -0.2) is 0 Å². The predicted octanol–water partition coefficient (Wildman–Crippen LogP) is 5.91. The molecule has 0 saturated heterocycles. The molecule has 2 aromatic carbocycles. The van der Waals surface area contributed by atoms with Gasteiger partial charge < -0.3 is 14.8 Å². The Labute approximate surface area is 199 Å². The fourth-order valence-corrected chi connectivity index (χ4v) is 5.54. The van der Waals surface area contributed by atoms with E-state index in [1.807, 2.05) is 0 Å². The van der Waals surface area contributed by atoms with E-state index < -0.39 is 0 Å². The van der Waals surface area contributed by atoms with E-state index in [0.717, 1.165) is 58.0 Å². The zero-order valence-corrected chi connectivity index (χ0v) is 20.6. The van der Waals surface area contributed by atoms with Crippen molar-refractivity contribution in [2.45, 2.75) is 63.8 Å². The number of carbonyl (C=O) groups excluding carboxylic acids is 1. The van der Waals surface area contributed by atoms with Crippen molar-refractivity contribution >= 4 is 16.8 Å². The maximum atomic E-state index is 13.6. The summed E-state index contributed by atoms with van der Waals surface area (Å²) in [5.41, 5.74) is 4.99. The summed E-state index contributed by atoms with van der Waals surface area (Å²) in [6.45, 7) is 3.94. The summed E-state index contributed by atoms with van der Waals surface area (Å²) in [4.78, 5) is 21.9. The summed E-state index contributed by atoms with van der Waals surface area (Å²) >= 11 is 0. The monoisotopic (exact) mass is 445 g/mol. The second-order valence-electron chi connectivity index (χ2n) is 9.85. The third-order valence-electron chi connectivity index (χ3n) is 7.30. The number of H-pyrrole nitrogens is 1. The Morgan fingerprint density at radius 2 is 1.79 bits per heavy atom. The van der Waals surface area contributed by atoms with Crippen LogP contribution in [-0.2, 0) is 23.2 Å². The second-order valence-corrected chi connectivity index (χ2v) is 9.85. The Balaban J connectivity index is 1.74. The molecule has 0 saturated carbocycles. The molecule has 1 aliphatic rings. The molecule has 0 bridgehead atoms. The van der Waals surface area contributed by atoms with Gasteiger partial charge in [-0.05, 0) is 69.8 Å². The van der Waals surface area contributed by atoms with E-state index in [-0.39, 0.29) is 5.54 Å². The van der Waals surface area contributed by atoms with E-state index in [1.165, 1.54) is 27.7 Å². The number of aryl methyl sites for hydroxylation is 1. The summed E-state index contributed by atoms with van der Waals surface area (Å²) < 4.78 is 0. The summed E-state index contributed by atoms with van der Waals surface area (Å²) in [6, 6.07) is 19.4. The van der Waals surface area contributed by atoms with E-state index >= 15 is 0 Å². The Kier molecular flexibility index (Phi) is 7.54. The first-order valence-corrected chi connectivity index (χ1v) is 12.6. The molecular formula is C29H39N3O. The van der Waals surface area contributed by atoms with Gasteiger partial charge in [0, 0.05) is 36.1 Å². The summed E-state index contributed by atoms with van der Waals surface area (Å²) in [7, 11) is 4.27. The number of aromatic amines is 1. The molecule has 0 fully saturated rings. The Bertz CT molecular complexity index is 1060. The van der Waals surface area contributed by atoms with Gasteiger partial charge in [0.25, 0.3) is 0 Å². The third kappa shape index (κ3) is 5.01. The number of hydrogen-bond acceptors (Lipinski definition) is 2. The summed E-state index contributed by atoms with van der Waals surface area (Å²) in [5, 5.41) is 1.32. The number of nitrogens with one attached hydrogen (secondary N) is 1. The van der Waals surface area contributed by atoms with E-state index in [0.29, 0.717) is 12.3 Å². The van der Waals surface area contributed by atoms with Crippen LogP contribution >= 0.6 is 0 Å². The number of nitrogens with zero attached hydrogens (tertiary/aromatic N) is 2. The van der Waals surface area contributed by atoms with Crippen molar-refractivity contribution in [3.8, 4) is 0 Å². The van der Waals surface area contributed by atoms with Gasteiger partial charge in [0.1, 0.15) is 0 Å². The molecule has 1 amide bonds. The standard InChI is InChI=1S/C29H39N3O/c1-4-5-17-27(33)32-21-18-25-24-15-9-10-16-26(24)30-28(25)29(32,20-22-31(2)3)19-11-14-23-12-7-6-8-13-23/h6-10,12-13,15-16,30H,4-5,11,14,17-22H2,1-3H3. The molecule has 0 aliphatic carbocycles. The van der Waals surface area contributed by atoms with Crippen molar-refractivity contribution in [1.29, 1.82) is 0 Å². The van der Waals surface area contributed by atoms with Gasteiger partial charge in [-0.2, -0.15) is 0 Å². The predicted molar refractivity (Wildman–Crippen MR) is 137 cm³/mol. The lowest BCUT2D eigenvalue weighted by Gasteiger charge is -2.48. The molecule has 176 valence electrons. The lowest BCUT2D eigenvalue weighted by Crippen LogP contribution is -2.54. The van der Waals surface area contributed by atoms with Crippen LogP contribution < -0.4 is 0 Å². The van der Waals surface area contributed by atoms with Gasteiger partial charge in [-0.15, -0.1) is 0 Å². The minimum Gasteiger partial charge on any atom is -0.356 e. The van der Waals surface area contributed by atoms with Crippen LogP contribution in [-0.4, -0.2) is 47.9 Å². The van der Waals surface area contributed by atoms with Crippen LogP contribution in [0.1, 0.15) is 62.3 Å². The fraction of sp³-hybridized carbons (Fsp3) is 0.483. The summed E-state index contributed by atoms with van der Waals surface area (Å²) in [6.07, 6.45) is 7.62. The zero-order valence-electron chi connectivity index (χ0n) is 20.6. The Hall–Kier alpha value is -2.59. The van der Waals surface area contributed by atoms with Crippen LogP contribution in [0.15, 0.2) is 54.6 Å². The van der Waals surface area contributed by atoms with Crippen LogP contribution in [0, 0.1) is 0 Å². The van der Waals surface area contributed by atoms with Gasteiger partial charge >= 0.3 is 0 Å². The molecule has 4 rings (SSSR count). The van der Waals surface area contributed by atoms with Crippen molar-refractivity contribution in [1.82, 2.24) is 14.8 Å². The Morgan fingerprint density at radius 1 is 1.03 bits per heavy atom. The number of para-hydroxylation sites is 1. The van der Waals surface area contributed by atoms with Gasteiger partial charge in [-0.3, -0.25) is 4.79 Å². The number of carbonyl (C=O) groups is 1. The normalized spacial score (nSPS) is 18.1. The number of benzene rings is 2. The topological polar surface area (TPSA) is 39.3 Å². The highest BCUT2D eigenvalue weighted by atomic mass is 16.2. The average Bonchev–Trinajstić information content (AvgIpc) is 3.22. The Morgan fingerprint density at radius 3 is 2.55 bits per heavy atom. The van der Waals surface area contributed by atoms with E-state index in [9.17, 15) is 4.79 Å². The first kappa shape index (κ1) is 23.6. The third-order valence-corrected chi connectivity index (χ3v) is 7.30. The highest BCUT2D eigenvalue weighted by Gasteiger charge is 2.45. The van der Waals surface area contributed by atoms with Crippen LogP contribution in [0.4, 0.5) is 0 Å². The SMILES string of the molecule is CCCCC(=O)N1CCc2c([nH]c3ccccc23)C1(CCCc1ccccc1)CCN(C)C. The molecule has 1 aromatic heterocycles. The highest BCUT2D eigenvalue weighted by Crippen LogP contribution is 2.45. The maximum absolute atomic E-state index is 13.6. The molecule has 1 N–H and O–H groups in total. The number of aromatic nitrogens is 1. The second kappa shape index (κ2) is 10.6. The summed E-state index contributed by atoms with van der Waals surface area (Å²) in [5.74, 6) is 0.319. The smallest absolute Gasteiger partial charge is 0.223 e. The minimum absolute atomic E-state index is 0.281. The van der Waals surface area contributed by atoms with Crippen molar-refractivity contribution in [3.63, 3.8) is 0 Å². The number of fused-ring (bicyclic) bond motifs is 3. The van der Waals surface area contributed by atoms with Crippen LogP contribution in [0.25, 0.3) is 10.9 Å². The van der Waals surface area contributed by atoms with Crippen molar-refractivity contribution < 1.29 is 4.79 Å². The number of hydrogen-bond donors (Lipinski definition) is 1. The quantitative estimate of drug-likeness (QED) is 0.421. The lowest BCUT2D eigenvalue weighted by molar-refractivity contribution is -0.140. The van der Waals surface area contributed by atoms with Gasteiger partial charge in [0.2, 0.25) is 5.91 Å². The molecule has 33 heavy (non-hydrogen) atoms. The molecule has 2 heterocycles. The fourth-order valence-electron chi connectivity index (χ4n) is 5.54. The van der Waals surface area contributed by atoms with Crippen molar-refractivity contribution in [2.24, 2.45) is 0 Å². The number of unbranched alkanes of at least 4 members (excludes halogenated alkanes) is 1. The molecule has 4 heteroatoms. The first-order chi connectivity index (χ1) is 16.0. The van der Waals surface area contributed by atoms with Crippen molar-refractivity contribution in [2.75, 3.05) is 27.2 Å². The molecular weight excluding hydrogens is 406 g/mol. The lowest BCUT2D eigenvalue weighted by atomic mass is 9.77. The molecule has 3 aromatic rings. The molecule has 1 unspecified atom stereocenters. The van der Waals surface area contributed by atoms with E-state index in [2.05, 4.69) is 90.4 Å². The van der Waals surface area contributed by atoms with Gasteiger partial charge in [-0.1, -0.05) is 61.9 Å². The minimum atomic E-state index is -0.281. The van der Waals surface area contributed by atoms with Crippen LogP contribution in [0.2, 0.25) is 0 Å². The maximum Gasteiger partial charge on any atom is 0.223 e. The van der Waals surface area contributed by atoms with E-state index in [4.69, 9.17) is 0 Å². The van der Waals surface area contributed by atoms with E-state index in [1.54, 1.807) is 0 Å². The molecule has 1 aliphatic heterocycles. The number of amides is 1. The largest absolute Gasteiger partial charge is 0.356 e. The van der Waals surface area contributed by atoms with Gasteiger partial charge in [0.05, 0.1) is 5.54 Å².